The first kappa shape index (κ1) is 18.0. The van der Waals surface area contributed by atoms with Gasteiger partial charge in [0.15, 0.2) is 5.82 Å². The average Bonchev–Trinajstić information content (AvgIpc) is 2.52. The van der Waals surface area contributed by atoms with E-state index in [1.54, 1.807) is 27.0 Å². The van der Waals surface area contributed by atoms with Gasteiger partial charge in [-0.25, -0.2) is 4.98 Å². The van der Waals surface area contributed by atoms with Crippen LogP contribution < -0.4 is 9.64 Å². The topological polar surface area (TPSA) is 38.2 Å². The van der Waals surface area contributed by atoms with Crippen molar-refractivity contribution in [3.63, 3.8) is 0 Å². The van der Waals surface area contributed by atoms with Crippen LogP contribution in [0.2, 0.25) is 0 Å². The van der Waals surface area contributed by atoms with E-state index in [0.29, 0.717) is 5.69 Å². The molecule has 0 radical (unpaired) electrons. The van der Waals surface area contributed by atoms with E-state index in [9.17, 15) is 13.2 Å². The summed E-state index contributed by atoms with van der Waals surface area (Å²) in [6.07, 6.45) is -3.23. The number of aromatic nitrogens is 2. The van der Waals surface area contributed by atoms with Crippen LogP contribution in [-0.2, 0) is 12.6 Å². The number of alkyl halides is 3. The normalized spacial score (nSPS) is 11.7. The van der Waals surface area contributed by atoms with E-state index in [-0.39, 0.29) is 17.9 Å². The molecular formula is C17H20F3N3O. The van der Waals surface area contributed by atoms with Crippen molar-refractivity contribution in [2.24, 2.45) is 0 Å². The molecule has 0 aliphatic carbocycles. The molecule has 1 aromatic carbocycles. The molecule has 4 nitrogen and oxygen atoms in total. The molecule has 7 heteroatoms. The monoisotopic (exact) mass is 339 g/mol. The summed E-state index contributed by atoms with van der Waals surface area (Å²) in [7, 11) is 1.55. The molecule has 24 heavy (non-hydrogen) atoms. The van der Waals surface area contributed by atoms with Gasteiger partial charge in [0.2, 0.25) is 0 Å². The van der Waals surface area contributed by atoms with Gasteiger partial charge in [-0.3, -0.25) is 0 Å². The summed E-state index contributed by atoms with van der Waals surface area (Å²) >= 11 is 0. The van der Waals surface area contributed by atoms with E-state index in [1.807, 2.05) is 25.1 Å². The minimum absolute atomic E-state index is 0.0773. The largest absolute Gasteiger partial charge is 0.461 e. The van der Waals surface area contributed by atoms with Gasteiger partial charge in [-0.2, -0.15) is 18.2 Å². The minimum Gasteiger partial charge on any atom is -0.461 e. The summed E-state index contributed by atoms with van der Waals surface area (Å²) in [6.45, 7) is 5.50. The molecule has 2 aromatic rings. The molecule has 0 N–H and O–H groups in total. The van der Waals surface area contributed by atoms with Gasteiger partial charge in [0, 0.05) is 18.9 Å². The van der Waals surface area contributed by atoms with Crippen molar-refractivity contribution in [3.8, 4) is 6.01 Å². The van der Waals surface area contributed by atoms with Crippen molar-refractivity contribution in [1.29, 1.82) is 0 Å². The van der Waals surface area contributed by atoms with Crippen molar-refractivity contribution in [2.75, 3.05) is 11.9 Å². The lowest BCUT2D eigenvalue weighted by molar-refractivity contribution is -0.137. The number of anilines is 2. The van der Waals surface area contributed by atoms with Crippen LogP contribution in [-0.4, -0.2) is 23.1 Å². The maximum absolute atomic E-state index is 13.3. The summed E-state index contributed by atoms with van der Waals surface area (Å²) in [5.74, 6) is -0.235. The molecule has 2 rings (SSSR count). The predicted molar refractivity (Wildman–Crippen MR) is 86.7 cm³/mol. The van der Waals surface area contributed by atoms with E-state index in [1.165, 1.54) is 4.90 Å². The first-order chi connectivity index (χ1) is 11.2. The molecular weight excluding hydrogens is 319 g/mol. The Kier molecular flexibility index (Phi) is 5.31. The number of rotatable bonds is 5. The number of hydrogen-bond donors (Lipinski definition) is 0. The van der Waals surface area contributed by atoms with Crippen LogP contribution in [0.1, 0.15) is 31.9 Å². The molecule has 130 valence electrons. The number of benzene rings is 1. The number of nitrogens with zero attached hydrogens (tertiary/aromatic N) is 3. The molecule has 1 aromatic heterocycles. The van der Waals surface area contributed by atoms with Crippen molar-refractivity contribution in [3.05, 3.63) is 41.6 Å². The van der Waals surface area contributed by atoms with E-state index < -0.39 is 11.7 Å². The standard InChI is InChI=1S/C17H20F3N3O/c1-5-12-7-6-8-13(9-12)23(4)15-14(17(18,19)20)10-21-16(22-15)24-11(2)3/h6-11H,5H2,1-4H3. The van der Waals surface area contributed by atoms with Crippen LogP contribution >= 0.6 is 0 Å². The predicted octanol–water partition coefficient (Wildman–Crippen LogP) is 4.61. The zero-order chi connectivity index (χ0) is 17.9. The van der Waals surface area contributed by atoms with Crippen molar-refractivity contribution < 1.29 is 17.9 Å². The van der Waals surface area contributed by atoms with Gasteiger partial charge in [0.25, 0.3) is 0 Å². The molecule has 0 saturated heterocycles. The zero-order valence-corrected chi connectivity index (χ0v) is 14.1. The van der Waals surface area contributed by atoms with Gasteiger partial charge < -0.3 is 9.64 Å². The van der Waals surface area contributed by atoms with E-state index in [2.05, 4.69) is 9.97 Å². The highest BCUT2D eigenvalue weighted by Crippen LogP contribution is 2.37. The Morgan fingerprint density at radius 1 is 1.25 bits per heavy atom. The number of aryl methyl sites for hydroxylation is 1. The number of ether oxygens (including phenoxy) is 1. The highest BCUT2D eigenvalue weighted by Gasteiger charge is 2.36. The lowest BCUT2D eigenvalue weighted by Gasteiger charge is -2.23. The first-order valence-corrected chi connectivity index (χ1v) is 7.66. The molecule has 0 bridgehead atoms. The molecule has 0 amide bonds. The smallest absolute Gasteiger partial charge is 0.421 e. The maximum atomic E-state index is 13.3. The Balaban J connectivity index is 2.51. The second-order valence-corrected chi connectivity index (χ2v) is 5.64. The maximum Gasteiger partial charge on any atom is 0.421 e. The fourth-order valence-corrected chi connectivity index (χ4v) is 2.19. The van der Waals surface area contributed by atoms with Gasteiger partial charge in [0.05, 0.1) is 6.10 Å². The van der Waals surface area contributed by atoms with Crippen LogP contribution in [0.3, 0.4) is 0 Å². The Labute approximate surface area is 139 Å². The molecule has 0 aliphatic heterocycles. The Hall–Kier alpha value is -2.31. The van der Waals surface area contributed by atoms with Gasteiger partial charge in [0.1, 0.15) is 5.56 Å². The van der Waals surface area contributed by atoms with E-state index in [0.717, 1.165) is 18.2 Å². The highest BCUT2D eigenvalue weighted by atomic mass is 19.4. The highest BCUT2D eigenvalue weighted by molar-refractivity contribution is 5.63. The van der Waals surface area contributed by atoms with Gasteiger partial charge in [-0.05, 0) is 38.0 Å². The Morgan fingerprint density at radius 3 is 2.54 bits per heavy atom. The lowest BCUT2D eigenvalue weighted by atomic mass is 10.1. The Morgan fingerprint density at radius 2 is 1.96 bits per heavy atom. The van der Waals surface area contributed by atoms with Crippen LogP contribution in [0.4, 0.5) is 24.7 Å². The van der Waals surface area contributed by atoms with Crippen LogP contribution in [0.5, 0.6) is 6.01 Å². The van der Waals surface area contributed by atoms with Crippen LogP contribution in [0, 0.1) is 0 Å². The molecule has 0 fully saturated rings. The average molecular weight is 339 g/mol. The summed E-state index contributed by atoms with van der Waals surface area (Å²) < 4.78 is 45.3. The number of hydrogen-bond acceptors (Lipinski definition) is 4. The molecule has 0 atom stereocenters. The zero-order valence-electron chi connectivity index (χ0n) is 14.1. The van der Waals surface area contributed by atoms with Crippen molar-refractivity contribution in [1.82, 2.24) is 9.97 Å². The third-order valence-corrected chi connectivity index (χ3v) is 3.42. The first-order valence-electron chi connectivity index (χ1n) is 7.66. The third-order valence-electron chi connectivity index (χ3n) is 3.42. The van der Waals surface area contributed by atoms with Gasteiger partial charge in [-0.1, -0.05) is 19.1 Å². The van der Waals surface area contributed by atoms with Crippen LogP contribution in [0.15, 0.2) is 30.5 Å². The second kappa shape index (κ2) is 7.07. The SMILES string of the molecule is CCc1cccc(N(C)c2nc(OC(C)C)ncc2C(F)(F)F)c1. The molecule has 0 aliphatic rings. The van der Waals surface area contributed by atoms with E-state index >= 15 is 0 Å². The third kappa shape index (κ3) is 4.15. The molecule has 0 saturated carbocycles. The summed E-state index contributed by atoms with van der Waals surface area (Å²) in [4.78, 5) is 9.06. The fraction of sp³-hybridized carbons (Fsp3) is 0.412. The summed E-state index contributed by atoms with van der Waals surface area (Å²) in [5, 5.41) is 0. The van der Waals surface area contributed by atoms with Crippen molar-refractivity contribution >= 4 is 11.5 Å². The van der Waals surface area contributed by atoms with E-state index in [4.69, 9.17) is 4.74 Å². The quantitative estimate of drug-likeness (QED) is 0.797. The minimum atomic E-state index is -4.55. The molecule has 0 spiro atoms. The molecule has 0 unspecified atom stereocenters. The Bertz CT molecular complexity index is 702. The summed E-state index contributed by atoms with van der Waals surface area (Å²) in [5.41, 5.74) is 0.748. The lowest BCUT2D eigenvalue weighted by Crippen LogP contribution is -2.20. The second-order valence-electron chi connectivity index (χ2n) is 5.64. The fourth-order valence-electron chi connectivity index (χ4n) is 2.19. The molecule has 1 heterocycles. The van der Waals surface area contributed by atoms with Crippen molar-refractivity contribution in [2.45, 2.75) is 39.5 Å². The van der Waals surface area contributed by atoms with Crippen LogP contribution in [0.25, 0.3) is 0 Å². The van der Waals surface area contributed by atoms with Gasteiger partial charge >= 0.3 is 12.2 Å². The summed E-state index contributed by atoms with van der Waals surface area (Å²) in [6, 6.07) is 7.24. The van der Waals surface area contributed by atoms with Gasteiger partial charge in [-0.15, -0.1) is 0 Å². The number of halogens is 3.